The van der Waals surface area contributed by atoms with E-state index in [1.807, 2.05) is 6.20 Å². The average molecular weight is 392 g/mol. The number of hydrogen-bond acceptors (Lipinski definition) is 5. The molecule has 7 rings (SSSR count). The lowest BCUT2D eigenvalue weighted by molar-refractivity contribution is -0.206. The van der Waals surface area contributed by atoms with Crippen LogP contribution in [0, 0.1) is 10.8 Å². The second-order valence-corrected chi connectivity index (χ2v) is 10.7. The van der Waals surface area contributed by atoms with Crippen LogP contribution in [0.25, 0.3) is 10.8 Å². The predicted octanol–water partition coefficient (Wildman–Crippen LogP) is 3.57. The van der Waals surface area contributed by atoms with Crippen LogP contribution in [0.1, 0.15) is 39.5 Å². The molecule has 2 saturated heterocycles. The molecule has 2 atom stereocenters. The molecule has 3 heterocycles. The maximum atomic E-state index is 6.05. The van der Waals surface area contributed by atoms with E-state index in [4.69, 9.17) is 5.73 Å². The third kappa shape index (κ3) is 2.70. The summed E-state index contributed by atoms with van der Waals surface area (Å²) >= 11 is 0. The Balaban J connectivity index is 1.05. The number of anilines is 2. The molecule has 3 saturated carbocycles. The fraction of sp³-hybridized carbons (Fsp3) is 0.625. The summed E-state index contributed by atoms with van der Waals surface area (Å²) in [6, 6.07) is 10.7. The van der Waals surface area contributed by atoms with Gasteiger partial charge in [0.2, 0.25) is 0 Å². The Bertz CT molecular complexity index is 934. The zero-order chi connectivity index (χ0) is 19.8. The summed E-state index contributed by atoms with van der Waals surface area (Å²) in [5.74, 6) is 0.617. The molecule has 154 valence electrons. The van der Waals surface area contributed by atoms with E-state index in [1.54, 1.807) is 0 Å². The van der Waals surface area contributed by atoms with Crippen LogP contribution < -0.4 is 11.1 Å². The molecule has 4 bridgehead atoms. The van der Waals surface area contributed by atoms with Crippen molar-refractivity contribution >= 4 is 22.3 Å². The van der Waals surface area contributed by atoms with Crippen molar-refractivity contribution in [3.8, 4) is 0 Å². The first-order chi connectivity index (χ1) is 14.0. The molecule has 0 spiro atoms. The smallest absolute Gasteiger partial charge is 0.131 e. The van der Waals surface area contributed by atoms with Gasteiger partial charge in [-0.1, -0.05) is 12.1 Å². The van der Waals surface area contributed by atoms with Crippen molar-refractivity contribution in [3.05, 3.63) is 30.5 Å². The standard InChI is InChI=1S/C24H33N5/c1-16(2)29-10-17-8-18(29)9-28(17)15-24-11-23(12-24,13-24)14-27-21-5-3-4-20-19(21)6-7-26-22(20)25/h3-7,16-18,27H,8-15H2,1-2H3,(H2,25,26)/t17-,18-,23?,24?/m0/s1. The molecule has 5 fully saturated rings. The van der Waals surface area contributed by atoms with Crippen molar-refractivity contribution in [2.75, 3.05) is 37.2 Å². The van der Waals surface area contributed by atoms with Crippen molar-refractivity contribution in [1.82, 2.24) is 14.8 Å². The number of nitrogens with one attached hydrogen (secondary N) is 1. The zero-order valence-electron chi connectivity index (χ0n) is 17.7. The van der Waals surface area contributed by atoms with E-state index in [0.29, 0.717) is 22.7 Å². The maximum absolute atomic E-state index is 6.05. The van der Waals surface area contributed by atoms with Crippen LogP contribution in [-0.4, -0.2) is 59.1 Å². The van der Waals surface area contributed by atoms with Gasteiger partial charge in [-0.2, -0.15) is 0 Å². The number of hydrogen-bond donors (Lipinski definition) is 2. The van der Waals surface area contributed by atoms with E-state index >= 15 is 0 Å². The number of piperazine rings is 1. The van der Waals surface area contributed by atoms with Crippen LogP contribution in [0.4, 0.5) is 11.5 Å². The molecule has 3 N–H and O–H groups in total. The van der Waals surface area contributed by atoms with Crippen LogP contribution in [0.3, 0.4) is 0 Å². The third-order valence-electron chi connectivity index (χ3n) is 8.34. The van der Waals surface area contributed by atoms with Gasteiger partial charge < -0.3 is 11.1 Å². The predicted molar refractivity (Wildman–Crippen MR) is 119 cm³/mol. The Morgan fingerprint density at radius 3 is 2.66 bits per heavy atom. The van der Waals surface area contributed by atoms with Gasteiger partial charge in [0, 0.05) is 67.0 Å². The second-order valence-electron chi connectivity index (χ2n) is 10.7. The van der Waals surface area contributed by atoms with Gasteiger partial charge in [-0.05, 0) is 62.5 Å². The number of pyridine rings is 1. The van der Waals surface area contributed by atoms with Crippen LogP contribution in [0.5, 0.6) is 0 Å². The van der Waals surface area contributed by atoms with E-state index in [9.17, 15) is 0 Å². The second kappa shape index (κ2) is 6.08. The fourth-order valence-corrected chi connectivity index (χ4v) is 7.29. The summed E-state index contributed by atoms with van der Waals surface area (Å²) in [5.41, 5.74) is 8.41. The van der Waals surface area contributed by atoms with Crippen LogP contribution in [0.15, 0.2) is 30.5 Å². The zero-order valence-corrected chi connectivity index (χ0v) is 17.7. The molecule has 0 radical (unpaired) electrons. The summed E-state index contributed by atoms with van der Waals surface area (Å²) in [5, 5.41) is 5.98. The number of nitrogens with zero attached hydrogens (tertiary/aromatic N) is 3. The van der Waals surface area contributed by atoms with Crippen LogP contribution >= 0.6 is 0 Å². The summed E-state index contributed by atoms with van der Waals surface area (Å²) in [4.78, 5) is 9.78. The molecule has 5 nitrogen and oxygen atoms in total. The quantitative estimate of drug-likeness (QED) is 0.788. The fourth-order valence-electron chi connectivity index (χ4n) is 7.29. The first-order valence-corrected chi connectivity index (χ1v) is 11.3. The highest BCUT2D eigenvalue weighted by molar-refractivity contribution is 5.99. The number of benzene rings is 1. The maximum Gasteiger partial charge on any atom is 0.131 e. The summed E-state index contributed by atoms with van der Waals surface area (Å²) < 4.78 is 0. The lowest BCUT2D eigenvalue weighted by atomic mass is 9.35. The molecule has 5 heteroatoms. The highest BCUT2D eigenvalue weighted by Crippen LogP contribution is 2.73. The molecule has 2 aromatic rings. The minimum absolute atomic E-state index is 0.531. The Morgan fingerprint density at radius 2 is 1.93 bits per heavy atom. The summed E-state index contributed by atoms with van der Waals surface area (Å²) in [6.07, 6.45) is 7.43. The van der Waals surface area contributed by atoms with Gasteiger partial charge >= 0.3 is 0 Å². The average Bonchev–Trinajstić information content (AvgIpc) is 3.23. The van der Waals surface area contributed by atoms with Crippen LogP contribution in [0.2, 0.25) is 0 Å². The van der Waals surface area contributed by atoms with Gasteiger partial charge in [-0.15, -0.1) is 0 Å². The largest absolute Gasteiger partial charge is 0.384 e. The third-order valence-corrected chi connectivity index (χ3v) is 8.34. The Labute approximate surface area is 173 Å². The first kappa shape index (κ1) is 18.0. The highest BCUT2D eigenvalue weighted by atomic mass is 15.4. The molecule has 0 amide bonds. The van der Waals surface area contributed by atoms with Crippen molar-refractivity contribution in [2.45, 2.75) is 57.7 Å². The van der Waals surface area contributed by atoms with Gasteiger partial charge in [0.25, 0.3) is 0 Å². The summed E-state index contributed by atoms with van der Waals surface area (Å²) in [6.45, 7) is 9.74. The minimum atomic E-state index is 0.531. The topological polar surface area (TPSA) is 57.4 Å². The van der Waals surface area contributed by atoms with E-state index in [1.165, 1.54) is 56.4 Å². The molecule has 5 aliphatic rings. The monoisotopic (exact) mass is 391 g/mol. The Kier molecular flexibility index (Phi) is 3.77. The minimum Gasteiger partial charge on any atom is -0.384 e. The number of nitrogen functional groups attached to an aromatic ring is 1. The molecule has 29 heavy (non-hydrogen) atoms. The number of likely N-dealkylation sites (tertiary alicyclic amines) is 2. The molecular weight excluding hydrogens is 358 g/mol. The van der Waals surface area contributed by atoms with Crippen molar-refractivity contribution < 1.29 is 0 Å². The number of rotatable bonds is 6. The number of fused-ring (bicyclic) bond motifs is 3. The number of nitrogens with two attached hydrogens (primary N) is 1. The Hall–Kier alpha value is -1.85. The van der Waals surface area contributed by atoms with Gasteiger partial charge in [0.05, 0.1) is 0 Å². The van der Waals surface area contributed by atoms with Gasteiger partial charge in [0.15, 0.2) is 0 Å². The van der Waals surface area contributed by atoms with E-state index in [2.05, 4.69) is 58.2 Å². The molecule has 0 unspecified atom stereocenters. The van der Waals surface area contributed by atoms with Crippen molar-refractivity contribution in [2.24, 2.45) is 10.8 Å². The first-order valence-electron chi connectivity index (χ1n) is 11.3. The lowest BCUT2D eigenvalue weighted by Crippen LogP contribution is -2.68. The highest BCUT2D eigenvalue weighted by Gasteiger charge is 2.68. The number of aromatic nitrogens is 1. The van der Waals surface area contributed by atoms with Crippen molar-refractivity contribution in [3.63, 3.8) is 0 Å². The van der Waals surface area contributed by atoms with E-state index in [0.717, 1.165) is 24.0 Å². The molecular formula is C24H33N5. The van der Waals surface area contributed by atoms with Gasteiger partial charge in [-0.3, -0.25) is 9.80 Å². The molecule has 3 aliphatic carbocycles. The molecule has 2 aliphatic heterocycles. The lowest BCUT2D eigenvalue weighted by Gasteiger charge is -2.72. The van der Waals surface area contributed by atoms with E-state index in [-0.39, 0.29) is 0 Å². The Morgan fingerprint density at radius 1 is 1.10 bits per heavy atom. The normalized spacial score (nSPS) is 35.8. The SMILES string of the molecule is CC(C)N1C[C@@H]2C[C@H]1CN2CC12CC(CNc3cccc4c(N)nccc34)(C1)C2. The van der Waals surface area contributed by atoms with Gasteiger partial charge in [-0.25, -0.2) is 4.98 Å². The molecule has 1 aromatic carbocycles. The molecule has 1 aromatic heterocycles. The van der Waals surface area contributed by atoms with Crippen molar-refractivity contribution in [1.29, 1.82) is 0 Å². The van der Waals surface area contributed by atoms with Gasteiger partial charge in [0.1, 0.15) is 5.82 Å². The summed E-state index contributed by atoms with van der Waals surface area (Å²) in [7, 11) is 0. The van der Waals surface area contributed by atoms with E-state index < -0.39 is 0 Å². The van der Waals surface area contributed by atoms with Crippen LogP contribution in [-0.2, 0) is 0 Å².